The van der Waals surface area contributed by atoms with Gasteiger partial charge in [0.2, 0.25) is 5.91 Å². The van der Waals surface area contributed by atoms with Crippen LogP contribution >= 0.6 is 23.2 Å². The van der Waals surface area contributed by atoms with Gasteiger partial charge in [-0.3, -0.25) is 9.20 Å². The molecule has 4 aromatic heterocycles. The van der Waals surface area contributed by atoms with E-state index in [2.05, 4.69) is 25.3 Å². The van der Waals surface area contributed by atoms with Crippen molar-refractivity contribution in [2.24, 2.45) is 0 Å². The SMILES string of the molecule is COc1ccc(-c2cnc(NC(C)=O)c3nc(Cc4nc5nc(Cl)ccc5[nH]4)cn23)c(Cl)c1. The number of methoxy groups -OCH3 is 1. The second-order valence-corrected chi connectivity index (χ2v) is 8.10. The Balaban J connectivity index is 1.61. The summed E-state index contributed by atoms with van der Waals surface area (Å²) >= 11 is 12.5. The highest BCUT2D eigenvalue weighted by atomic mass is 35.5. The van der Waals surface area contributed by atoms with E-state index in [1.807, 2.05) is 28.8 Å². The number of aromatic amines is 1. The molecule has 1 amide bonds. The van der Waals surface area contributed by atoms with Gasteiger partial charge in [-0.05, 0) is 30.3 Å². The summed E-state index contributed by atoms with van der Waals surface area (Å²) in [6.45, 7) is 1.42. The van der Waals surface area contributed by atoms with Crippen LogP contribution in [0, 0.1) is 0 Å². The Kier molecular flexibility index (Phi) is 5.35. The first-order valence-corrected chi connectivity index (χ1v) is 10.7. The Morgan fingerprint density at radius 2 is 2.03 bits per heavy atom. The molecule has 1 aromatic carbocycles. The second kappa shape index (κ2) is 8.34. The molecule has 5 aromatic rings. The molecule has 0 radical (unpaired) electrons. The number of benzene rings is 1. The van der Waals surface area contributed by atoms with Gasteiger partial charge in [0.05, 0.1) is 35.2 Å². The van der Waals surface area contributed by atoms with Crippen molar-refractivity contribution in [2.45, 2.75) is 13.3 Å². The fourth-order valence-electron chi connectivity index (χ4n) is 3.57. The van der Waals surface area contributed by atoms with E-state index < -0.39 is 0 Å². The summed E-state index contributed by atoms with van der Waals surface area (Å²) in [5.74, 6) is 1.43. The largest absolute Gasteiger partial charge is 0.497 e. The summed E-state index contributed by atoms with van der Waals surface area (Å²) in [6, 6.07) is 8.93. The molecule has 0 aliphatic rings. The van der Waals surface area contributed by atoms with Gasteiger partial charge in [-0.1, -0.05) is 23.2 Å². The van der Waals surface area contributed by atoms with Gasteiger partial charge < -0.3 is 15.0 Å². The molecule has 0 saturated carbocycles. The number of anilines is 1. The summed E-state index contributed by atoms with van der Waals surface area (Å²) in [6.07, 6.45) is 3.92. The smallest absolute Gasteiger partial charge is 0.222 e. The van der Waals surface area contributed by atoms with Crippen molar-refractivity contribution >= 4 is 51.7 Å². The van der Waals surface area contributed by atoms with Crippen LogP contribution in [0.15, 0.2) is 42.7 Å². The number of H-pyrrole nitrogens is 1. The second-order valence-electron chi connectivity index (χ2n) is 7.31. The molecule has 0 spiro atoms. The Morgan fingerprint density at radius 1 is 1.18 bits per heavy atom. The lowest BCUT2D eigenvalue weighted by Crippen LogP contribution is -2.09. The standard InChI is InChI=1S/C22H17Cl2N7O2/c1-11(32)26-21-22-27-12(7-19-28-16-5-6-18(24)29-20(16)30-19)10-31(22)17(9-25-21)14-4-3-13(33-2)8-15(14)23/h3-6,8-10H,7H2,1-2H3,(H,25,26,32)(H,28,29,30). The molecule has 0 bridgehead atoms. The van der Waals surface area contributed by atoms with E-state index in [-0.39, 0.29) is 5.91 Å². The third-order valence-corrected chi connectivity index (χ3v) is 5.52. The number of hydrogen-bond donors (Lipinski definition) is 2. The number of rotatable bonds is 5. The van der Waals surface area contributed by atoms with E-state index in [1.165, 1.54) is 6.92 Å². The first-order valence-electron chi connectivity index (χ1n) is 9.91. The van der Waals surface area contributed by atoms with Crippen molar-refractivity contribution < 1.29 is 9.53 Å². The highest BCUT2D eigenvalue weighted by molar-refractivity contribution is 6.33. The molecule has 11 heteroatoms. The fourth-order valence-corrected chi connectivity index (χ4v) is 3.98. The van der Waals surface area contributed by atoms with Gasteiger partial charge in [0.1, 0.15) is 16.7 Å². The first kappa shape index (κ1) is 21.2. The maximum absolute atomic E-state index is 11.7. The van der Waals surface area contributed by atoms with Crippen LogP contribution < -0.4 is 10.1 Å². The molecule has 4 heterocycles. The van der Waals surface area contributed by atoms with E-state index in [1.54, 1.807) is 25.4 Å². The third-order valence-electron chi connectivity index (χ3n) is 5.00. The van der Waals surface area contributed by atoms with Gasteiger partial charge in [-0.25, -0.2) is 19.9 Å². The number of nitrogens with one attached hydrogen (secondary N) is 2. The quantitative estimate of drug-likeness (QED) is 0.356. The van der Waals surface area contributed by atoms with Gasteiger partial charge in [0.25, 0.3) is 0 Å². The van der Waals surface area contributed by atoms with Crippen LogP contribution in [0.4, 0.5) is 5.82 Å². The number of pyridine rings is 1. The summed E-state index contributed by atoms with van der Waals surface area (Å²) in [5.41, 5.74) is 3.98. The van der Waals surface area contributed by atoms with Crippen LogP contribution in [0.2, 0.25) is 10.2 Å². The highest BCUT2D eigenvalue weighted by Crippen LogP contribution is 2.32. The van der Waals surface area contributed by atoms with Crippen LogP contribution in [-0.4, -0.2) is 42.3 Å². The number of hydrogen-bond acceptors (Lipinski definition) is 6. The Hall–Kier alpha value is -3.69. The average molecular weight is 482 g/mol. The van der Waals surface area contributed by atoms with Gasteiger partial charge in [-0.15, -0.1) is 0 Å². The normalized spacial score (nSPS) is 11.3. The number of nitrogens with zero attached hydrogens (tertiary/aromatic N) is 5. The minimum absolute atomic E-state index is 0.246. The molecule has 0 atom stereocenters. The van der Waals surface area contributed by atoms with E-state index in [0.29, 0.717) is 56.7 Å². The molecule has 5 rings (SSSR count). The molecule has 2 N–H and O–H groups in total. The van der Waals surface area contributed by atoms with E-state index in [0.717, 1.165) is 11.1 Å². The average Bonchev–Trinajstić information content (AvgIpc) is 3.37. The number of carbonyl (C=O) groups excluding carboxylic acids is 1. The topological polar surface area (TPSA) is 110 Å². The summed E-state index contributed by atoms with van der Waals surface area (Å²) in [4.78, 5) is 32.8. The Labute approximate surface area is 197 Å². The molecule has 166 valence electrons. The Morgan fingerprint density at radius 3 is 2.79 bits per heavy atom. The molecule has 0 saturated heterocycles. The van der Waals surface area contributed by atoms with Crippen molar-refractivity contribution in [2.75, 3.05) is 12.4 Å². The van der Waals surface area contributed by atoms with Crippen LogP contribution in [0.5, 0.6) is 5.75 Å². The first-order chi connectivity index (χ1) is 15.9. The lowest BCUT2D eigenvalue weighted by molar-refractivity contribution is -0.114. The van der Waals surface area contributed by atoms with Gasteiger partial charge in [-0.2, -0.15) is 0 Å². The summed E-state index contributed by atoms with van der Waals surface area (Å²) < 4.78 is 7.09. The summed E-state index contributed by atoms with van der Waals surface area (Å²) in [5, 5.41) is 3.61. The maximum Gasteiger partial charge on any atom is 0.222 e. The van der Waals surface area contributed by atoms with E-state index >= 15 is 0 Å². The number of ether oxygens (including phenoxy) is 1. The lowest BCUT2D eigenvalue weighted by atomic mass is 10.1. The molecule has 0 aliphatic carbocycles. The predicted molar refractivity (Wildman–Crippen MR) is 126 cm³/mol. The highest BCUT2D eigenvalue weighted by Gasteiger charge is 2.17. The number of carbonyl (C=O) groups is 1. The monoisotopic (exact) mass is 481 g/mol. The van der Waals surface area contributed by atoms with Crippen molar-refractivity contribution in [1.29, 1.82) is 0 Å². The van der Waals surface area contributed by atoms with Crippen molar-refractivity contribution in [3.8, 4) is 17.0 Å². The number of amides is 1. The summed E-state index contributed by atoms with van der Waals surface area (Å²) in [7, 11) is 1.58. The van der Waals surface area contributed by atoms with Gasteiger partial charge >= 0.3 is 0 Å². The number of halogens is 2. The van der Waals surface area contributed by atoms with Gasteiger partial charge in [0.15, 0.2) is 17.1 Å². The van der Waals surface area contributed by atoms with Crippen molar-refractivity contribution in [3.05, 3.63) is 64.4 Å². The molecular weight excluding hydrogens is 465 g/mol. The number of fused-ring (bicyclic) bond motifs is 2. The number of aromatic nitrogens is 6. The molecule has 0 aliphatic heterocycles. The van der Waals surface area contributed by atoms with Crippen LogP contribution in [0.1, 0.15) is 18.4 Å². The van der Waals surface area contributed by atoms with E-state index in [9.17, 15) is 4.79 Å². The van der Waals surface area contributed by atoms with Crippen LogP contribution in [-0.2, 0) is 11.2 Å². The minimum Gasteiger partial charge on any atom is -0.497 e. The zero-order valence-electron chi connectivity index (χ0n) is 17.6. The third kappa shape index (κ3) is 4.08. The van der Waals surface area contributed by atoms with E-state index in [4.69, 9.17) is 32.9 Å². The number of imidazole rings is 2. The zero-order valence-corrected chi connectivity index (χ0v) is 19.1. The Bertz CT molecular complexity index is 1530. The molecule has 33 heavy (non-hydrogen) atoms. The van der Waals surface area contributed by atoms with Crippen molar-refractivity contribution in [1.82, 2.24) is 29.3 Å². The maximum atomic E-state index is 11.7. The predicted octanol–water partition coefficient (Wildman–Crippen LogP) is 4.53. The molecule has 0 fully saturated rings. The lowest BCUT2D eigenvalue weighted by Gasteiger charge is -2.11. The van der Waals surface area contributed by atoms with Crippen LogP contribution in [0.3, 0.4) is 0 Å². The van der Waals surface area contributed by atoms with Gasteiger partial charge in [0, 0.05) is 25.1 Å². The zero-order chi connectivity index (χ0) is 23.1. The molecule has 0 unspecified atom stereocenters. The minimum atomic E-state index is -0.246. The molecule has 9 nitrogen and oxygen atoms in total. The van der Waals surface area contributed by atoms with Crippen LogP contribution in [0.25, 0.3) is 28.1 Å². The fraction of sp³-hybridized carbons (Fsp3) is 0.136. The molecular formula is C22H17Cl2N7O2. The van der Waals surface area contributed by atoms with Crippen molar-refractivity contribution in [3.63, 3.8) is 0 Å².